The van der Waals surface area contributed by atoms with Gasteiger partial charge in [-0.15, -0.1) is 0 Å². The van der Waals surface area contributed by atoms with Gasteiger partial charge in [-0.3, -0.25) is 4.57 Å². The van der Waals surface area contributed by atoms with E-state index in [-0.39, 0.29) is 18.0 Å². The molecule has 0 heterocycles. The van der Waals surface area contributed by atoms with Crippen LogP contribution in [0.15, 0.2) is 0 Å². The Morgan fingerprint density at radius 2 is 1.91 bits per heavy atom. The van der Waals surface area contributed by atoms with Gasteiger partial charge in [0.15, 0.2) is 0 Å². The van der Waals surface area contributed by atoms with Crippen molar-refractivity contribution in [3.63, 3.8) is 0 Å². The highest BCUT2D eigenvalue weighted by molar-refractivity contribution is 7.51. The van der Waals surface area contributed by atoms with E-state index in [1.165, 1.54) is 0 Å². The fourth-order valence-electron chi connectivity index (χ4n) is 0.676. The van der Waals surface area contributed by atoms with Crippen molar-refractivity contribution in [2.75, 3.05) is 6.16 Å². The Balaban J connectivity index is 3.97. The summed E-state index contributed by atoms with van der Waals surface area (Å²) < 4.78 is 10.4. The predicted octanol–water partition coefficient (Wildman–Crippen LogP) is 0.635. The Kier molecular flexibility index (Phi) is 3.93. The summed E-state index contributed by atoms with van der Waals surface area (Å²) in [5, 5.41) is 0. The molecule has 5 heteroatoms. The van der Waals surface area contributed by atoms with Gasteiger partial charge in [-0.2, -0.15) is 0 Å². The number of rotatable bonds is 4. The van der Waals surface area contributed by atoms with Crippen molar-refractivity contribution in [2.45, 2.75) is 13.8 Å². The maximum Gasteiger partial charge on any atom is 0.325 e. The number of hydrogen-bond acceptors (Lipinski definition) is 2. The fourth-order valence-corrected chi connectivity index (χ4v) is 1.76. The van der Waals surface area contributed by atoms with Gasteiger partial charge in [0.05, 0.1) is 6.16 Å². The molecule has 0 aliphatic heterocycles. The maximum absolute atomic E-state index is 10.4. The predicted molar refractivity (Wildman–Crippen MR) is 41.3 cm³/mol. The van der Waals surface area contributed by atoms with Crippen LogP contribution in [-0.2, 0) is 9.36 Å². The molecular weight excluding hydrogens is 167 g/mol. The van der Waals surface area contributed by atoms with Crippen molar-refractivity contribution < 1.29 is 19.1 Å². The first-order valence-electron chi connectivity index (χ1n) is 3.36. The molecule has 0 aliphatic rings. The minimum absolute atomic E-state index is 0.215. The second-order valence-corrected chi connectivity index (χ2v) is 4.51. The zero-order valence-electron chi connectivity index (χ0n) is 6.60. The third-order valence-electron chi connectivity index (χ3n) is 1.64. The van der Waals surface area contributed by atoms with Crippen LogP contribution in [0.25, 0.3) is 0 Å². The van der Waals surface area contributed by atoms with Gasteiger partial charge in [0.2, 0.25) is 0 Å². The van der Waals surface area contributed by atoms with Crippen LogP contribution in [0.3, 0.4) is 0 Å². The molecule has 66 valence electrons. The van der Waals surface area contributed by atoms with E-state index in [0.717, 1.165) is 0 Å². The van der Waals surface area contributed by atoms with Gasteiger partial charge in [-0.05, 0) is 5.92 Å². The highest BCUT2D eigenvalue weighted by atomic mass is 31.2. The lowest BCUT2D eigenvalue weighted by Crippen LogP contribution is -2.13. The zero-order valence-corrected chi connectivity index (χ0v) is 7.49. The number of carbonyl (C=O) groups is 1. The summed E-state index contributed by atoms with van der Waals surface area (Å²) in [4.78, 5) is 27.2. The number of carbonyl (C=O) groups excluding carboxylic acids is 1. The van der Waals surface area contributed by atoms with E-state index < -0.39 is 7.60 Å². The molecule has 4 nitrogen and oxygen atoms in total. The Morgan fingerprint density at radius 1 is 1.45 bits per heavy atom. The van der Waals surface area contributed by atoms with Crippen molar-refractivity contribution in [3.8, 4) is 0 Å². The quantitative estimate of drug-likeness (QED) is 0.491. The van der Waals surface area contributed by atoms with E-state index in [1.54, 1.807) is 13.8 Å². The topological polar surface area (TPSA) is 74.6 Å². The van der Waals surface area contributed by atoms with Gasteiger partial charge < -0.3 is 14.6 Å². The summed E-state index contributed by atoms with van der Waals surface area (Å²) in [6, 6.07) is 0. The standard InChI is InChI=1S/C6H13O4P/c1-5(3-7)6(2)4-11(8,9)10/h3,5-6H,4H2,1-2H3,(H2,8,9,10). The van der Waals surface area contributed by atoms with E-state index >= 15 is 0 Å². The minimum atomic E-state index is -3.95. The van der Waals surface area contributed by atoms with E-state index in [2.05, 4.69) is 0 Å². The van der Waals surface area contributed by atoms with E-state index in [1.807, 2.05) is 0 Å². The van der Waals surface area contributed by atoms with Crippen LogP contribution in [0.4, 0.5) is 0 Å². The van der Waals surface area contributed by atoms with E-state index in [9.17, 15) is 9.36 Å². The molecule has 0 aromatic carbocycles. The normalized spacial score (nSPS) is 17.5. The third kappa shape index (κ3) is 5.13. The van der Waals surface area contributed by atoms with Crippen molar-refractivity contribution >= 4 is 13.9 Å². The van der Waals surface area contributed by atoms with Crippen LogP contribution in [0.1, 0.15) is 13.8 Å². The largest absolute Gasteiger partial charge is 0.325 e. The molecule has 0 radical (unpaired) electrons. The van der Waals surface area contributed by atoms with E-state index in [4.69, 9.17) is 9.79 Å². The molecule has 2 atom stereocenters. The van der Waals surface area contributed by atoms with Crippen LogP contribution in [0.5, 0.6) is 0 Å². The Hall–Kier alpha value is -0.180. The van der Waals surface area contributed by atoms with Crippen molar-refractivity contribution in [3.05, 3.63) is 0 Å². The molecule has 0 aromatic heterocycles. The summed E-state index contributed by atoms with van der Waals surface area (Å²) in [6.07, 6.45) is 0.493. The number of aldehydes is 1. The molecule has 0 bridgehead atoms. The first-order valence-corrected chi connectivity index (χ1v) is 5.16. The van der Waals surface area contributed by atoms with E-state index in [0.29, 0.717) is 6.29 Å². The molecule has 0 spiro atoms. The van der Waals surface area contributed by atoms with Crippen LogP contribution in [0, 0.1) is 11.8 Å². The molecule has 2 N–H and O–H groups in total. The summed E-state index contributed by atoms with van der Waals surface area (Å²) in [5.41, 5.74) is 0. The number of hydrogen-bond donors (Lipinski definition) is 2. The molecule has 0 amide bonds. The molecule has 0 saturated carbocycles. The van der Waals surface area contributed by atoms with Crippen LogP contribution < -0.4 is 0 Å². The Bertz CT molecular complexity index is 173. The van der Waals surface area contributed by atoms with Crippen molar-refractivity contribution in [1.29, 1.82) is 0 Å². The van der Waals surface area contributed by atoms with Gasteiger partial charge >= 0.3 is 7.60 Å². The molecule has 0 rings (SSSR count). The summed E-state index contributed by atoms with van der Waals surface area (Å²) >= 11 is 0. The third-order valence-corrected chi connectivity index (χ3v) is 2.69. The fraction of sp³-hybridized carbons (Fsp3) is 0.833. The molecular formula is C6H13O4P. The second-order valence-electron chi connectivity index (χ2n) is 2.82. The van der Waals surface area contributed by atoms with Crippen molar-refractivity contribution in [1.82, 2.24) is 0 Å². The Labute approximate surface area is 65.8 Å². The van der Waals surface area contributed by atoms with Crippen LogP contribution in [0.2, 0.25) is 0 Å². The first-order chi connectivity index (χ1) is 4.87. The molecule has 0 aliphatic carbocycles. The second kappa shape index (κ2) is 4.00. The van der Waals surface area contributed by atoms with Gasteiger partial charge in [-0.25, -0.2) is 0 Å². The van der Waals surface area contributed by atoms with Gasteiger partial charge in [0.25, 0.3) is 0 Å². The summed E-state index contributed by atoms with van der Waals surface area (Å²) in [5.74, 6) is -0.545. The van der Waals surface area contributed by atoms with Gasteiger partial charge in [0, 0.05) is 5.92 Å². The maximum atomic E-state index is 10.4. The minimum Gasteiger partial charge on any atom is -0.324 e. The summed E-state index contributed by atoms with van der Waals surface area (Å²) in [7, 11) is -3.95. The molecule has 0 saturated heterocycles. The zero-order chi connectivity index (χ0) is 9.07. The highest BCUT2D eigenvalue weighted by Gasteiger charge is 2.21. The molecule has 0 aromatic rings. The molecule has 0 fully saturated rings. The van der Waals surface area contributed by atoms with Crippen molar-refractivity contribution in [2.24, 2.45) is 11.8 Å². The Morgan fingerprint density at radius 3 is 2.18 bits per heavy atom. The van der Waals surface area contributed by atoms with Gasteiger partial charge in [-0.1, -0.05) is 13.8 Å². The van der Waals surface area contributed by atoms with Crippen LogP contribution >= 0.6 is 7.60 Å². The average molecular weight is 180 g/mol. The monoisotopic (exact) mass is 180 g/mol. The lowest BCUT2D eigenvalue weighted by Gasteiger charge is -2.14. The van der Waals surface area contributed by atoms with Gasteiger partial charge in [0.1, 0.15) is 6.29 Å². The SMILES string of the molecule is CC(C=O)C(C)CP(=O)(O)O. The molecule has 2 unspecified atom stereocenters. The highest BCUT2D eigenvalue weighted by Crippen LogP contribution is 2.38. The average Bonchev–Trinajstić information content (AvgIpc) is 1.82. The lowest BCUT2D eigenvalue weighted by molar-refractivity contribution is -0.111. The summed E-state index contributed by atoms with van der Waals surface area (Å²) in [6.45, 7) is 3.30. The first kappa shape index (κ1) is 10.8. The van der Waals surface area contributed by atoms with Crippen LogP contribution in [-0.4, -0.2) is 22.2 Å². The molecule has 11 heavy (non-hydrogen) atoms. The smallest absolute Gasteiger partial charge is 0.324 e. The lowest BCUT2D eigenvalue weighted by atomic mass is 10.0.